The molecule has 7 rings (SSSR count). The second-order valence-electron chi connectivity index (χ2n) is 10.6. The number of benzene rings is 1. The highest BCUT2D eigenvalue weighted by Gasteiger charge is 2.19. The molecule has 6 aromatic rings. The van der Waals surface area contributed by atoms with Crippen molar-refractivity contribution < 1.29 is 4.79 Å². The maximum Gasteiger partial charge on any atom is 0.224 e. The van der Waals surface area contributed by atoms with E-state index in [0.717, 1.165) is 52.0 Å². The van der Waals surface area contributed by atoms with Gasteiger partial charge in [0.05, 0.1) is 46.3 Å². The summed E-state index contributed by atoms with van der Waals surface area (Å²) in [5, 5.41) is 10.7. The van der Waals surface area contributed by atoms with Gasteiger partial charge in [-0.3, -0.25) is 14.9 Å². The summed E-state index contributed by atoms with van der Waals surface area (Å²) in [7, 11) is 0. The highest BCUT2D eigenvalue weighted by atomic mass is 16.1. The summed E-state index contributed by atoms with van der Waals surface area (Å²) in [5.74, 6) is 1.14. The summed E-state index contributed by atoms with van der Waals surface area (Å²) in [6.07, 6.45) is 13.8. The minimum Gasteiger partial charge on any atom is -0.336 e. The number of hydrogen-bond donors (Lipinski definition) is 3. The average molecular weight is 532 g/mol. The molecule has 0 spiro atoms. The number of amides is 1. The van der Waals surface area contributed by atoms with E-state index >= 15 is 0 Å². The van der Waals surface area contributed by atoms with Crippen LogP contribution in [-0.4, -0.2) is 45.6 Å². The molecule has 200 valence electrons. The molecule has 40 heavy (non-hydrogen) atoms. The molecular formula is C30H29N9O. The van der Waals surface area contributed by atoms with E-state index in [1.807, 2.05) is 54.1 Å². The van der Waals surface area contributed by atoms with Gasteiger partial charge in [-0.15, -0.1) is 0 Å². The van der Waals surface area contributed by atoms with E-state index in [9.17, 15) is 4.79 Å². The van der Waals surface area contributed by atoms with Gasteiger partial charge in [0, 0.05) is 24.4 Å². The number of aryl methyl sites for hydroxylation is 1. The Morgan fingerprint density at radius 1 is 1.05 bits per heavy atom. The SMILES string of the molecule is Cc1cn(-c2cccc3[nH]c(-c4n[nH]c5ccc(-c6cncc(NC(=O)CC7CCCCC7)c6)nc45)nc23)cn1. The molecule has 0 radical (unpaired) electrons. The largest absolute Gasteiger partial charge is 0.336 e. The van der Waals surface area contributed by atoms with Crippen molar-refractivity contribution in [1.29, 1.82) is 0 Å². The van der Waals surface area contributed by atoms with Crippen molar-refractivity contribution in [1.82, 2.24) is 39.7 Å². The van der Waals surface area contributed by atoms with Gasteiger partial charge in [-0.1, -0.05) is 25.3 Å². The van der Waals surface area contributed by atoms with Crippen LogP contribution in [0.4, 0.5) is 5.69 Å². The van der Waals surface area contributed by atoms with Crippen molar-refractivity contribution in [3.05, 3.63) is 67.0 Å². The molecule has 0 unspecified atom stereocenters. The first-order valence-corrected chi connectivity index (χ1v) is 13.7. The Balaban J connectivity index is 1.19. The number of nitrogens with one attached hydrogen (secondary N) is 3. The van der Waals surface area contributed by atoms with Gasteiger partial charge in [0.25, 0.3) is 0 Å². The third kappa shape index (κ3) is 4.61. The zero-order valence-electron chi connectivity index (χ0n) is 22.2. The Bertz CT molecular complexity index is 1840. The average Bonchev–Trinajstić information content (AvgIpc) is 3.71. The third-order valence-corrected chi connectivity index (χ3v) is 7.63. The van der Waals surface area contributed by atoms with E-state index in [4.69, 9.17) is 9.97 Å². The lowest BCUT2D eigenvalue weighted by atomic mass is 9.87. The van der Waals surface area contributed by atoms with Crippen LogP contribution in [0.1, 0.15) is 44.2 Å². The van der Waals surface area contributed by atoms with Crippen molar-refractivity contribution >= 4 is 33.7 Å². The van der Waals surface area contributed by atoms with Gasteiger partial charge in [-0.05, 0) is 56.0 Å². The smallest absolute Gasteiger partial charge is 0.224 e. The fraction of sp³-hybridized carbons (Fsp3) is 0.267. The molecule has 5 heterocycles. The highest BCUT2D eigenvalue weighted by molar-refractivity contribution is 5.94. The number of carbonyl (C=O) groups excluding carboxylic acids is 1. The first-order chi connectivity index (χ1) is 19.6. The molecular weight excluding hydrogens is 502 g/mol. The van der Waals surface area contributed by atoms with Crippen LogP contribution < -0.4 is 5.32 Å². The Labute approximate surface area is 230 Å². The van der Waals surface area contributed by atoms with Crippen LogP contribution >= 0.6 is 0 Å². The number of aromatic amines is 2. The summed E-state index contributed by atoms with van der Waals surface area (Å²) in [4.78, 5) is 34.6. The Kier molecular flexibility index (Phi) is 6.07. The summed E-state index contributed by atoms with van der Waals surface area (Å²) in [5.41, 5.74) is 7.93. The van der Waals surface area contributed by atoms with Crippen LogP contribution in [0.25, 0.3) is 50.5 Å². The van der Waals surface area contributed by atoms with Gasteiger partial charge in [0.15, 0.2) is 11.5 Å². The number of aromatic nitrogens is 8. The van der Waals surface area contributed by atoms with Gasteiger partial charge < -0.3 is 14.9 Å². The van der Waals surface area contributed by atoms with E-state index in [1.54, 1.807) is 18.7 Å². The molecule has 0 atom stereocenters. The summed E-state index contributed by atoms with van der Waals surface area (Å²) < 4.78 is 1.97. The molecule has 3 N–H and O–H groups in total. The second-order valence-corrected chi connectivity index (χ2v) is 10.6. The van der Waals surface area contributed by atoms with E-state index in [2.05, 4.69) is 30.5 Å². The summed E-state index contributed by atoms with van der Waals surface area (Å²) >= 11 is 0. The molecule has 1 saturated carbocycles. The lowest BCUT2D eigenvalue weighted by Crippen LogP contribution is -2.18. The lowest BCUT2D eigenvalue weighted by Gasteiger charge is -2.20. The summed E-state index contributed by atoms with van der Waals surface area (Å²) in [6.45, 7) is 1.96. The van der Waals surface area contributed by atoms with E-state index in [0.29, 0.717) is 35.1 Å². The molecule has 10 nitrogen and oxygen atoms in total. The fourth-order valence-electron chi connectivity index (χ4n) is 5.63. The number of rotatable bonds is 6. The number of anilines is 1. The van der Waals surface area contributed by atoms with Gasteiger partial charge in [-0.2, -0.15) is 5.10 Å². The standard InChI is InChI=1S/C30H29N9O/c1-18-16-39(17-32-18)25-9-5-8-23-27(25)36-30(35-23)29-28-24(37-38-29)11-10-22(34-28)20-13-21(15-31-14-20)33-26(40)12-19-6-3-2-4-7-19/h5,8-11,13-17,19H,2-4,6-7,12H2,1H3,(H,33,40)(H,35,36)(H,37,38). The molecule has 5 aromatic heterocycles. The Morgan fingerprint density at radius 2 is 1.95 bits per heavy atom. The first-order valence-electron chi connectivity index (χ1n) is 13.7. The molecule has 1 amide bonds. The molecule has 0 saturated heterocycles. The Hall–Kier alpha value is -4.86. The van der Waals surface area contributed by atoms with Gasteiger partial charge >= 0.3 is 0 Å². The molecule has 1 aliphatic rings. The Morgan fingerprint density at radius 3 is 2.80 bits per heavy atom. The number of H-pyrrole nitrogens is 2. The third-order valence-electron chi connectivity index (χ3n) is 7.63. The number of carbonyl (C=O) groups is 1. The number of nitrogens with zero attached hydrogens (tertiary/aromatic N) is 6. The number of fused-ring (bicyclic) bond motifs is 2. The van der Waals surface area contributed by atoms with Crippen LogP contribution in [0.3, 0.4) is 0 Å². The lowest BCUT2D eigenvalue weighted by molar-refractivity contribution is -0.117. The predicted octanol–water partition coefficient (Wildman–Crippen LogP) is 5.97. The first kappa shape index (κ1) is 24.2. The zero-order chi connectivity index (χ0) is 27.1. The van der Waals surface area contributed by atoms with E-state index < -0.39 is 0 Å². The van der Waals surface area contributed by atoms with Crippen molar-refractivity contribution in [3.63, 3.8) is 0 Å². The van der Waals surface area contributed by atoms with Gasteiger partial charge in [0.2, 0.25) is 5.91 Å². The van der Waals surface area contributed by atoms with Crippen LogP contribution in [-0.2, 0) is 4.79 Å². The topological polar surface area (TPSA) is 130 Å². The number of imidazole rings is 2. The quantitative estimate of drug-likeness (QED) is 0.243. The maximum absolute atomic E-state index is 12.7. The molecule has 1 aliphatic carbocycles. The van der Waals surface area contributed by atoms with E-state index in [1.165, 1.54) is 19.3 Å². The number of hydrogen-bond acceptors (Lipinski definition) is 6. The van der Waals surface area contributed by atoms with Crippen LogP contribution in [0.2, 0.25) is 0 Å². The molecule has 1 aromatic carbocycles. The molecule has 0 aliphatic heterocycles. The summed E-state index contributed by atoms with van der Waals surface area (Å²) in [6, 6.07) is 11.8. The molecule has 0 bridgehead atoms. The zero-order valence-corrected chi connectivity index (χ0v) is 22.2. The van der Waals surface area contributed by atoms with Crippen LogP contribution in [0.15, 0.2) is 61.3 Å². The monoisotopic (exact) mass is 531 g/mol. The van der Waals surface area contributed by atoms with Crippen molar-refractivity contribution in [2.45, 2.75) is 45.4 Å². The minimum atomic E-state index is 0.0430. The van der Waals surface area contributed by atoms with Crippen molar-refractivity contribution in [3.8, 4) is 28.5 Å². The number of para-hydroxylation sites is 1. The second kappa shape index (κ2) is 10.0. The predicted molar refractivity (Wildman–Crippen MR) is 154 cm³/mol. The number of pyridine rings is 2. The van der Waals surface area contributed by atoms with Crippen molar-refractivity contribution in [2.75, 3.05) is 5.32 Å². The van der Waals surface area contributed by atoms with E-state index in [-0.39, 0.29) is 5.91 Å². The van der Waals surface area contributed by atoms with Crippen LogP contribution in [0, 0.1) is 12.8 Å². The van der Waals surface area contributed by atoms with Crippen molar-refractivity contribution in [2.24, 2.45) is 5.92 Å². The highest BCUT2D eigenvalue weighted by Crippen LogP contribution is 2.30. The minimum absolute atomic E-state index is 0.0430. The fourth-order valence-corrected chi connectivity index (χ4v) is 5.63. The molecule has 10 heteroatoms. The maximum atomic E-state index is 12.7. The van der Waals surface area contributed by atoms with Gasteiger partial charge in [0.1, 0.15) is 11.0 Å². The van der Waals surface area contributed by atoms with Crippen LogP contribution in [0.5, 0.6) is 0 Å². The van der Waals surface area contributed by atoms with Gasteiger partial charge in [-0.25, -0.2) is 15.0 Å². The normalized spacial score (nSPS) is 14.2. The molecule has 1 fully saturated rings.